The number of hydrogen-bond donors (Lipinski definition) is 3. The Kier molecular flexibility index (Phi) is 6.90. The first-order valence-electron chi connectivity index (χ1n) is 10.5. The standard InChI is InChI=1S/C22H19F3N6O4S/c1-11(2)31(20(34)22(23,24)25)18(32)19(33)35-15-5-3-4-12(9-15)17-29-30-21(36-17)27-14-6-7-16-13(8-14)10-26-28-16/h3-11,19,33H,1-2H3,(H,26,28)(H,27,30). The van der Waals surface area contributed by atoms with Crippen LogP contribution in [0.3, 0.4) is 0 Å². The molecule has 0 spiro atoms. The van der Waals surface area contributed by atoms with Gasteiger partial charge in [-0.25, -0.2) is 0 Å². The third-order valence-corrected chi connectivity index (χ3v) is 5.76. The van der Waals surface area contributed by atoms with E-state index < -0.39 is 30.3 Å². The van der Waals surface area contributed by atoms with Gasteiger partial charge in [-0.3, -0.25) is 19.6 Å². The summed E-state index contributed by atoms with van der Waals surface area (Å²) in [5, 5.41) is 30.2. The number of amides is 2. The zero-order chi connectivity index (χ0) is 26.0. The highest BCUT2D eigenvalue weighted by Crippen LogP contribution is 2.31. The van der Waals surface area contributed by atoms with Crippen molar-refractivity contribution in [1.82, 2.24) is 25.3 Å². The van der Waals surface area contributed by atoms with E-state index in [2.05, 4.69) is 25.7 Å². The van der Waals surface area contributed by atoms with Gasteiger partial charge >= 0.3 is 12.1 Å². The number of imide groups is 1. The summed E-state index contributed by atoms with van der Waals surface area (Å²) in [5.41, 5.74) is 2.18. The molecule has 4 rings (SSSR count). The number of ether oxygens (including phenoxy) is 1. The molecule has 3 N–H and O–H groups in total. The summed E-state index contributed by atoms with van der Waals surface area (Å²) in [6, 6.07) is 10.5. The van der Waals surface area contributed by atoms with Gasteiger partial charge in [-0.15, -0.1) is 10.2 Å². The van der Waals surface area contributed by atoms with Crippen molar-refractivity contribution in [2.75, 3.05) is 5.32 Å². The highest BCUT2D eigenvalue weighted by molar-refractivity contribution is 7.18. The lowest BCUT2D eigenvalue weighted by Crippen LogP contribution is -2.53. The molecule has 2 aromatic carbocycles. The Morgan fingerprint density at radius 3 is 2.67 bits per heavy atom. The SMILES string of the molecule is CC(C)N(C(=O)C(O)Oc1cccc(-c2nnc(Nc3ccc4[nH]ncc4c3)s2)c1)C(=O)C(F)(F)F. The molecule has 0 radical (unpaired) electrons. The van der Waals surface area contributed by atoms with Gasteiger partial charge in [0.25, 0.3) is 12.2 Å². The van der Waals surface area contributed by atoms with Gasteiger partial charge in [-0.2, -0.15) is 18.3 Å². The Labute approximate surface area is 205 Å². The summed E-state index contributed by atoms with van der Waals surface area (Å²) < 4.78 is 43.7. The summed E-state index contributed by atoms with van der Waals surface area (Å²) in [5.74, 6) is -3.94. The molecule has 1 atom stereocenters. The summed E-state index contributed by atoms with van der Waals surface area (Å²) >= 11 is 1.22. The second kappa shape index (κ2) is 9.91. The fraction of sp³-hybridized carbons (Fsp3) is 0.227. The van der Waals surface area contributed by atoms with E-state index in [0.29, 0.717) is 15.7 Å². The number of carbonyl (C=O) groups excluding carboxylic acids is 2. The molecule has 1 unspecified atom stereocenters. The largest absolute Gasteiger partial charge is 0.471 e. The summed E-state index contributed by atoms with van der Waals surface area (Å²) in [7, 11) is 0. The van der Waals surface area contributed by atoms with Crippen LogP contribution in [0.2, 0.25) is 0 Å². The van der Waals surface area contributed by atoms with E-state index in [4.69, 9.17) is 4.74 Å². The topological polar surface area (TPSA) is 133 Å². The molecule has 2 aromatic heterocycles. The number of carbonyl (C=O) groups is 2. The smallest absolute Gasteiger partial charge is 0.455 e. The first kappa shape index (κ1) is 25.1. The molecular formula is C22H19F3N6O4S. The molecule has 2 heterocycles. The third kappa shape index (κ3) is 5.44. The molecule has 0 aliphatic rings. The van der Waals surface area contributed by atoms with Gasteiger partial charge in [-0.1, -0.05) is 23.5 Å². The molecule has 4 aromatic rings. The number of halogens is 3. The number of nitrogens with zero attached hydrogens (tertiary/aromatic N) is 4. The maximum atomic E-state index is 12.9. The van der Waals surface area contributed by atoms with Crippen LogP contribution in [0.1, 0.15) is 13.8 Å². The van der Waals surface area contributed by atoms with Gasteiger partial charge < -0.3 is 15.2 Å². The quantitative estimate of drug-likeness (QED) is 0.313. The van der Waals surface area contributed by atoms with Crippen molar-refractivity contribution in [2.24, 2.45) is 0 Å². The second-order valence-electron chi connectivity index (χ2n) is 7.81. The van der Waals surface area contributed by atoms with Crippen molar-refractivity contribution >= 4 is 44.9 Å². The maximum absolute atomic E-state index is 12.9. The predicted octanol–water partition coefficient (Wildman–Crippen LogP) is 3.85. The first-order valence-corrected chi connectivity index (χ1v) is 11.3. The van der Waals surface area contributed by atoms with Crippen molar-refractivity contribution < 1.29 is 32.6 Å². The lowest BCUT2D eigenvalue weighted by atomic mass is 10.2. The van der Waals surface area contributed by atoms with Gasteiger partial charge in [0.1, 0.15) is 10.8 Å². The number of aliphatic hydroxyl groups excluding tert-OH is 1. The van der Waals surface area contributed by atoms with Crippen molar-refractivity contribution in [1.29, 1.82) is 0 Å². The molecule has 0 fully saturated rings. The van der Waals surface area contributed by atoms with E-state index in [9.17, 15) is 27.9 Å². The predicted molar refractivity (Wildman–Crippen MR) is 124 cm³/mol. The van der Waals surface area contributed by atoms with Crippen LogP contribution in [0.25, 0.3) is 21.5 Å². The van der Waals surface area contributed by atoms with Gasteiger partial charge in [0.05, 0.1) is 11.7 Å². The molecule has 188 valence electrons. The first-order chi connectivity index (χ1) is 17.0. The number of nitrogens with one attached hydrogen (secondary N) is 2. The molecule has 2 amide bonds. The van der Waals surface area contributed by atoms with Crippen LogP contribution >= 0.6 is 11.3 Å². The maximum Gasteiger partial charge on any atom is 0.471 e. The monoisotopic (exact) mass is 520 g/mol. The van der Waals surface area contributed by atoms with Crippen molar-refractivity contribution in [2.45, 2.75) is 32.4 Å². The van der Waals surface area contributed by atoms with E-state index in [0.717, 1.165) is 16.6 Å². The van der Waals surface area contributed by atoms with E-state index in [1.807, 2.05) is 18.2 Å². The fourth-order valence-corrected chi connectivity index (χ4v) is 4.02. The Morgan fingerprint density at radius 2 is 1.94 bits per heavy atom. The summed E-state index contributed by atoms with van der Waals surface area (Å²) in [6.45, 7) is 2.42. The van der Waals surface area contributed by atoms with Crippen LogP contribution < -0.4 is 10.1 Å². The molecule has 36 heavy (non-hydrogen) atoms. The van der Waals surface area contributed by atoms with Crippen LogP contribution in [0.4, 0.5) is 24.0 Å². The number of H-pyrrole nitrogens is 1. The van der Waals surface area contributed by atoms with Crippen molar-refractivity contribution in [3.8, 4) is 16.3 Å². The zero-order valence-electron chi connectivity index (χ0n) is 18.8. The van der Waals surface area contributed by atoms with Crippen molar-refractivity contribution in [3.63, 3.8) is 0 Å². The summed E-state index contributed by atoms with van der Waals surface area (Å²) in [6.07, 6.45) is -5.93. The molecule has 0 saturated carbocycles. The molecular weight excluding hydrogens is 501 g/mol. The Morgan fingerprint density at radius 1 is 1.17 bits per heavy atom. The number of benzene rings is 2. The zero-order valence-corrected chi connectivity index (χ0v) is 19.6. The van der Waals surface area contributed by atoms with Crippen LogP contribution in [0.5, 0.6) is 5.75 Å². The number of rotatable bonds is 7. The lowest BCUT2D eigenvalue weighted by Gasteiger charge is -2.27. The van der Waals surface area contributed by atoms with E-state index >= 15 is 0 Å². The number of hydrogen-bond acceptors (Lipinski definition) is 9. The van der Waals surface area contributed by atoms with E-state index in [1.165, 1.54) is 37.3 Å². The third-order valence-electron chi connectivity index (χ3n) is 4.87. The molecule has 0 bridgehead atoms. The number of fused-ring (bicyclic) bond motifs is 1. The van der Waals surface area contributed by atoms with Gasteiger partial charge in [0, 0.05) is 22.7 Å². The highest BCUT2D eigenvalue weighted by atomic mass is 32.1. The normalized spacial score (nSPS) is 12.5. The van der Waals surface area contributed by atoms with Crippen LogP contribution in [0.15, 0.2) is 48.7 Å². The Balaban J connectivity index is 1.47. The number of aromatic amines is 1. The number of alkyl halides is 3. The molecule has 0 aliphatic heterocycles. The molecule has 10 nitrogen and oxygen atoms in total. The fourth-order valence-electron chi connectivity index (χ4n) is 3.26. The molecule has 0 saturated heterocycles. The minimum atomic E-state index is -5.28. The van der Waals surface area contributed by atoms with Crippen LogP contribution in [-0.4, -0.2) is 60.7 Å². The Hall–Kier alpha value is -4.04. The van der Waals surface area contributed by atoms with E-state index in [1.54, 1.807) is 18.3 Å². The number of aliphatic hydroxyl groups is 1. The average molecular weight is 520 g/mol. The molecule has 0 aliphatic carbocycles. The minimum absolute atomic E-state index is 0.0216. The van der Waals surface area contributed by atoms with E-state index in [-0.39, 0.29) is 10.6 Å². The second-order valence-corrected chi connectivity index (χ2v) is 8.79. The summed E-state index contributed by atoms with van der Waals surface area (Å²) in [4.78, 5) is 23.9. The van der Waals surface area contributed by atoms with Gasteiger partial charge in [0.2, 0.25) is 5.13 Å². The minimum Gasteiger partial charge on any atom is -0.455 e. The average Bonchev–Trinajstić information content (AvgIpc) is 3.47. The van der Waals surface area contributed by atoms with Crippen LogP contribution in [-0.2, 0) is 9.59 Å². The van der Waals surface area contributed by atoms with Gasteiger partial charge in [0.15, 0.2) is 0 Å². The molecule has 14 heteroatoms. The van der Waals surface area contributed by atoms with Gasteiger partial charge in [-0.05, 0) is 44.2 Å². The van der Waals surface area contributed by atoms with Crippen molar-refractivity contribution in [3.05, 3.63) is 48.7 Å². The Bertz CT molecular complexity index is 1400. The number of anilines is 2. The lowest BCUT2D eigenvalue weighted by molar-refractivity contribution is -0.194. The number of aromatic nitrogens is 4. The highest BCUT2D eigenvalue weighted by Gasteiger charge is 2.47. The van der Waals surface area contributed by atoms with Crippen LogP contribution in [0, 0.1) is 0 Å².